The standard InChI is InChI=1S/C17H21FN4O/c1-21(9-3-10-22-11-8-19-12-22)17(23)20-16-7-6-13-14(16)4-2-5-15(13)18/h2,4-5,8,11-12,16H,3,6-7,9-10H2,1H3,(H,20,23)/t16-/m1/s1. The van der Waals surface area contributed by atoms with Gasteiger partial charge in [0.05, 0.1) is 12.4 Å². The molecule has 1 aromatic heterocycles. The van der Waals surface area contributed by atoms with E-state index >= 15 is 0 Å². The number of hydrogen-bond acceptors (Lipinski definition) is 2. The zero-order valence-corrected chi connectivity index (χ0v) is 13.2. The zero-order valence-electron chi connectivity index (χ0n) is 13.2. The van der Waals surface area contributed by atoms with E-state index in [4.69, 9.17) is 0 Å². The zero-order chi connectivity index (χ0) is 16.2. The average molecular weight is 316 g/mol. The summed E-state index contributed by atoms with van der Waals surface area (Å²) in [7, 11) is 1.78. The van der Waals surface area contributed by atoms with Crippen molar-refractivity contribution in [3.8, 4) is 0 Å². The van der Waals surface area contributed by atoms with Crippen LogP contribution < -0.4 is 5.32 Å². The molecule has 0 saturated heterocycles. The van der Waals surface area contributed by atoms with Crippen LogP contribution in [-0.4, -0.2) is 34.1 Å². The van der Waals surface area contributed by atoms with Gasteiger partial charge in [-0.3, -0.25) is 0 Å². The predicted molar refractivity (Wildman–Crippen MR) is 85.5 cm³/mol. The lowest BCUT2D eigenvalue weighted by molar-refractivity contribution is 0.203. The fourth-order valence-corrected chi connectivity index (χ4v) is 3.03. The van der Waals surface area contributed by atoms with Gasteiger partial charge in [-0.1, -0.05) is 12.1 Å². The van der Waals surface area contributed by atoms with Crippen molar-refractivity contribution in [2.24, 2.45) is 0 Å². The Morgan fingerprint density at radius 2 is 2.39 bits per heavy atom. The molecule has 2 amide bonds. The van der Waals surface area contributed by atoms with E-state index in [0.717, 1.165) is 30.5 Å². The highest BCUT2D eigenvalue weighted by Crippen LogP contribution is 2.32. The first-order chi connectivity index (χ1) is 11.1. The number of rotatable bonds is 5. The topological polar surface area (TPSA) is 50.2 Å². The number of aromatic nitrogens is 2. The molecule has 1 aromatic carbocycles. The molecule has 1 aliphatic carbocycles. The lowest BCUT2D eigenvalue weighted by Gasteiger charge is -2.21. The van der Waals surface area contributed by atoms with E-state index in [1.54, 1.807) is 30.5 Å². The Hall–Kier alpha value is -2.37. The molecule has 3 rings (SSSR count). The van der Waals surface area contributed by atoms with Crippen molar-refractivity contribution >= 4 is 6.03 Å². The minimum atomic E-state index is -0.173. The molecule has 1 aliphatic rings. The molecule has 0 radical (unpaired) electrons. The van der Waals surface area contributed by atoms with Gasteiger partial charge in [0, 0.05) is 32.5 Å². The Morgan fingerprint density at radius 1 is 1.52 bits per heavy atom. The summed E-state index contributed by atoms with van der Waals surface area (Å²) in [5, 5.41) is 3.01. The largest absolute Gasteiger partial charge is 0.337 e. The van der Waals surface area contributed by atoms with Crippen molar-refractivity contribution < 1.29 is 9.18 Å². The highest BCUT2D eigenvalue weighted by Gasteiger charge is 2.26. The fourth-order valence-electron chi connectivity index (χ4n) is 3.03. The van der Waals surface area contributed by atoms with Gasteiger partial charge in [-0.05, 0) is 36.5 Å². The van der Waals surface area contributed by atoms with Gasteiger partial charge in [0.15, 0.2) is 0 Å². The normalized spacial score (nSPS) is 16.2. The van der Waals surface area contributed by atoms with Crippen LogP contribution in [-0.2, 0) is 13.0 Å². The number of aryl methyl sites for hydroxylation is 1. The summed E-state index contributed by atoms with van der Waals surface area (Å²) in [5.41, 5.74) is 1.64. The molecule has 5 nitrogen and oxygen atoms in total. The number of nitrogens with zero attached hydrogens (tertiary/aromatic N) is 3. The quantitative estimate of drug-likeness (QED) is 0.922. The number of carbonyl (C=O) groups excluding carboxylic acids is 1. The third kappa shape index (κ3) is 3.52. The molecule has 0 bridgehead atoms. The first kappa shape index (κ1) is 15.5. The number of hydrogen-bond donors (Lipinski definition) is 1. The smallest absolute Gasteiger partial charge is 0.317 e. The van der Waals surface area contributed by atoms with Gasteiger partial charge in [0.2, 0.25) is 0 Å². The molecule has 2 aromatic rings. The summed E-state index contributed by atoms with van der Waals surface area (Å²) in [4.78, 5) is 18.0. The highest BCUT2D eigenvalue weighted by atomic mass is 19.1. The van der Waals surface area contributed by atoms with Crippen molar-refractivity contribution in [3.05, 3.63) is 53.9 Å². The number of imidazole rings is 1. The molecular formula is C17H21FN4O. The second-order valence-corrected chi connectivity index (χ2v) is 5.92. The molecule has 0 aliphatic heterocycles. The Labute approximate surface area is 135 Å². The van der Waals surface area contributed by atoms with Crippen LogP contribution in [0, 0.1) is 5.82 Å². The number of carbonyl (C=O) groups is 1. The number of urea groups is 1. The van der Waals surface area contributed by atoms with Crippen molar-refractivity contribution in [2.45, 2.75) is 31.8 Å². The molecule has 1 heterocycles. The van der Waals surface area contributed by atoms with Crippen molar-refractivity contribution in [2.75, 3.05) is 13.6 Å². The summed E-state index contributed by atoms with van der Waals surface area (Å²) in [6.07, 6.45) is 7.71. The first-order valence-corrected chi connectivity index (χ1v) is 7.90. The second kappa shape index (κ2) is 6.81. The first-order valence-electron chi connectivity index (χ1n) is 7.90. The van der Waals surface area contributed by atoms with E-state index in [2.05, 4.69) is 10.3 Å². The van der Waals surface area contributed by atoms with Crippen LogP contribution in [0.3, 0.4) is 0 Å². The number of fused-ring (bicyclic) bond motifs is 1. The van der Waals surface area contributed by atoms with Crippen LogP contribution in [0.5, 0.6) is 0 Å². The van der Waals surface area contributed by atoms with Gasteiger partial charge in [-0.25, -0.2) is 14.2 Å². The van der Waals surface area contributed by atoms with Gasteiger partial charge < -0.3 is 14.8 Å². The van der Waals surface area contributed by atoms with Gasteiger partial charge in [-0.2, -0.15) is 0 Å². The number of nitrogens with one attached hydrogen (secondary N) is 1. The SMILES string of the molecule is CN(CCCn1ccnc1)C(=O)N[C@@H]1CCc2c(F)cccc21. The van der Waals surface area contributed by atoms with E-state index in [9.17, 15) is 9.18 Å². The maximum atomic E-state index is 13.7. The molecular weight excluding hydrogens is 295 g/mol. The summed E-state index contributed by atoms with van der Waals surface area (Å²) in [6, 6.07) is 4.87. The lowest BCUT2D eigenvalue weighted by atomic mass is 10.1. The van der Waals surface area contributed by atoms with Gasteiger partial charge in [0.25, 0.3) is 0 Å². The minimum absolute atomic E-state index is 0.0932. The van der Waals surface area contributed by atoms with Gasteiger partial charge in [0.1, 0.15) is 5.82 Å². The summed E-state index contributed by atoms with van der Waals surface area (Å²) in [5.74, 6) is -0.173. The number of benzene rings is 1. The maximum absolute atomic E-state index is 13.7. The molecule has 0 saturated carbocycles. The Kier molecular flexibility index (Phi) is 4.60. The summed E-state index contributed by atoms with van der Waals surface area (Å²) in [6.45, 7) is 1.49. The minimum Gasteiger partial charge on any atom is -0.337 e. The number of halogens is 1. The molecule has 0 spiro atoms. The van der Waals surface area contributed by atoms with E-state index in [1.807, 2.05) is 16.8 Å². The van der Waals surface area contributed by atoms with Crippen LogP contribution in [0.25, 0.3) is 0 Å². The third-order valence-electron chi connectivity index (χ3n) is 4.33. The summed E-state index contributed by atoms with van der Waals surface area (Å²) < 4.78 is 15.7. The van der Waals surface area contributed by atoms with E-state index in [-0.39, 0.29) is 17.9 Å². The van der Waals surface area contributed by atoms with E-state index in [1.165, 1.54) is 6.07 Å². The molecule has 122 valence electrons. The average Bonchev–Trinajstić information content (AvgIpc) is 3.18. The number of amides is 2. The van der Waals surface area contributed by atoms with Crippen molar-refractivity contribution in [1.82, 2.24) is 19.8 Å². The molecule has 23 heavy (non-hydrogen) atoms. The van der Waals surface area contributed by atoms with Crippen LogP contribution in [0.15, 0.2) is 36.9 Å². The Balaban J connectivity index is 1.50. The second-order valence-electron chi connectivity index (χ2n) is 5.92. The van der Waals surface area contributed by atoms with Gasteiger partial charge >= 0.3 is 6.03 Å². The molecule has 6 heteroatoms. The van der Waals surface area contributed by atoms with Crippen LogP contribution in [0.4, 0.5) is 9.18 Å². The fraction of sp³-hybridized carbons (Fsp3) is 0.412. The summed E-state index contributed by atoms with van der Waals surface area (Å²) >= 11 is 0. The third-order valence-corrected chi connectivity index (χ3v) is 4.33. The monoisotopic (exact) mass is 316 g/mol. The molecule has 0 fully saturated rings. The van der Waals surface area contributed by atoms with E-state index < -0.39 is 0 Å². The van der Waals surface area contributed by atoms with Gasteiger partial charge in [-0.15, -0.1) is 0 Å². The molecule has 0 unspecified atom stereocenters. The lowest BCUT2D eigenvalue weighted by Crippen LogP contribution is -2.39. The highest BCUT2D eigenvalue weighted by molar-refractivity contribution is 5.74. The van der Waals surface area contributed by atoms with E-state index in [0.29, 0.717) is 13.0 Å². The Bertz CT molecular complexity index is 671. The molecule has 1 atom stereocenters. The van der Waals surface area contributed by atoms with Crippen LogP contribution in [0.2, 0.25) is 0 Å². The predicted octanol–water partition coefficient (Wildman–Crippen LogP) is 2.74. The Morgan fingerprint density at radius 3 is 3.17 bits per heavy atom. The molecule has 1 N–H and O–H groups in total. The van der Waals surface area contributed by atoms with Crippen LogP contribution in [0.1, 0.15) is 30.0 Å². The maximum Gasteiger partial charge on any atom is 0.317 e. The van der Waals surface area contributed by atoms with Crippen LogP contribution >= 0.6 is 0 Å². The van der Waals surface area contributed by atoms with Crippen molar-refractivity contribution in [3.63, 3.8) is 0 Å². The van der Waals surface area contributed by atoms with Crippen molar-refractivity contribution in [1.29, 1.82) is 0 Å².